The molecule has 0 aliphatic carbocycles. The molecule has 0 heterocycles. The van der Waals surface area contributed by atoms with Crippen molar-refractivity contribution < 1.29 is 4.79 Å². The van der Waals surface area contributed by atoms with E-state index in [9.17, 15) is 4.79 Å². The molecule has 0 aromatic carbocycles. The third-order valence-electron chi connectivity index (χ3n) is 0.326. The van der Waals surface area contributed by atoms with Crippen LogP contribution in [0.5, 0.6) is 0 Å². The van der Waals surface area contributed by atoms with Gasteiger partial charge in [0.1, 0.15) is 0 Å². The Hall–Kier alpha value is 2.37. The molecule has 0 fully saturated rings. The number of carbonyl (C=O) groups is 1. The average molecular weight is 170 g/mol. The van der Waals surface area contributed by atoms with E-state index in [2.05, 4.69) is 25.3 Å². The fourth-order valence-corrected chi connectivity index (χ4v) is 0.587. The molecule has 0 N–H and O–H groups in total. The van der Waals surface area contributed by atoms with Crippen LogP contribution in [-0.2, 0) is 4.79 Å². The topological polar surface area (TPSA) is 17.1 Å². The van der Waals surface area contributed by atoms with Crippen LogP contribution in [0.1, 0.15) is 6.42 Å². The third-order valence-corrected chi connectivity index (χ3v) is 0.773. The van der Waals surface area contributed by atoms with Crippen molar-refractivity contribution in [1.82, 2.24) is 0 Å². The summed E-state index contributed by atoms with van der Waals surface area (Å²) in [4.78, 5) is 9.86. The van der Waals surface area contributed by atoms with Gasteiger partial charge < -0.3 is 0 Å². The quantitative estimate of drug-likeness (QED) is 0.421. The second kappa shape index (κ2) is 12.1. The van der Waals surface area contributed by atoms with Gasteiger partial charge in [-0.15, -0.1) is 12.6 Å². The van der Waals surface area contributed by atoms with E-state index in [0.717, 1.165) is 0 Å². The van der Waals surface area contributed by atoms with E-state index < -0.39 is 0 Å². The Balaban J connectivity index is -0.000000125. The molecular formula is C3H8Na2OS2. The minimum atomic E-state index is -0.0926. The van der Waals surface area contributed by atoms with Gasteiger partial charge in [-0.05, 0) is 5.75 Å². The molecule has 5 heteroatoms. The maximum absolute atomic E-state index is 9.86. The first-order valence-corrected chi connectivity index (χ1v) is 2.68. The maximum atomic E-state index is 9.86. The molecule has 1 nitrogen and oxygen atoms in total. The van der Waals surface area contributed by atoms with Crippen molar-refractivity contribution in [3.8, 4) is 0 Å². The van der Waals surface area contributed by atoms with Gasteiger partial charge in [-0.2, -0.15) is 12.6 Å². The van der Waals surface area contributed by atoms with Gasteiger partial charge in [-0.25, -0.2) is 0 Å². The second-order valence-corrected chi connectivity index (χ2v) is 1.81. The molecule has 0 aromatic rings. The summed E-state index contributed by atoms with van der Waals surface area (Å²) >= 11 is 7.28. The molecule has 40 valence electrons. The van der Waals surface area contributed by atoms with Gasteiger partial charge in [0.05, 0.1) is 0 Å². The molecule has 8 heavy (non-hydrogen) atoms. The van der Waals surface area contributed by atoms with Crippen molar-refractivity contribution in [3.05, 3.63) is 0 Å². The van der Waals surface area contributed by atoms with Crippen molar-refractivity contribution in [3.63, 3.8) is 0 Å². The predicted octanol–water partition coefficient (Wildman–Crippen LogP) is -0.534. The molecule has 0 amide bonds. The van der Waals surface area contributed by atoms with Gasteiger partial charge in [-0.1, -0.05) is 0 Å². The summed E-state index contributed by atoms with van der Waals surface area (Å²) in [6.07, 6.45) is 0.465. The summed E-state index contributed by atoms with van der Waals surface area (Å²) in [5, 5.41) is -0.0926. The molecule has 0 saturated heterocycles. The van der Waals surface area contributed by atoms with Crippen LogP contribution in [0.15, 0.2) is 0 Å². The second-order valence-electron chi connectivity index (χ2n) is 0.867. The molecule has 0 bridgehead atoms. The molecule has 0 rings (SSSR count). The Bertz CT molecular complexity index is 59.2. The standard InChI is InChI=1S/C3H6OS2.2Na.2H/c4-3(6)1-2-5;;;;/h5H,1-2H2,(H,4,6);;;;. The molecule has 0 aliphatic rings. The van der Waals surface area contributed by atoms with Gasteiger partial charge in [0.15, 0.2) is 5.12 Å². The Labute approximate surface area is 105 Å². The fraction of sp³-hybridized carbons (Fsp3) is 0.667. The van der Waals surface area contributed by atoms with E-state index >= 15 is 0 Å². The number of hydrogen-bond acceptors (Lipinski definition) is 2. The van der Waals surface area contributed by atoms with Crippen LogP contribution in [0.2, 0.25) is 0 Å². The summed E-state index contributed by atoms with van der Waals surface area (Å²) in [6, 6.07) is 0. The van der Waals surface area contributed by atoms with Crippen molar-refractivity contribution in [1.29, 1.82) is 0 Å². The van der Waals surface area contributed by atoms with Crippen molar-refractivity contribution >= 4 is 89.5 Å². The molecule has 0 unspecified atom stereocenters. The van der Waals surface area contributed by atoms with E-state index in [0.29, 0.717) is 12.2 Å². The number of hydrogen-bond donors (Lipinski definition) is 2. The Morgan fingerprint density at radius 3 is 1.75 bits per heavy atom. The zero-order valence-corrected chi connectivity index (χ0v) is 5.01. The zero-order chi connectivity index (χ0) is 4.99. The van der Waals surface area contributed by atoms with Crippen LogP contribution in [0, 0.1) is 0 Å². The van der Waals surface area contributed by atoms with Crippen LogP contribution < -0.4 is 0 Å². The Kier molecular flexibility index (Phi) is 25.3. The molecule has 0 spiro atoms. The van der Waals surface area contributed by atoms with Gasteiger partial charge in [-0.3, -0.25) is 4.79 Å². The van der Waals surface area contributed by atoms with Crippen molar-refractivity contribution in [2.75, 3.05) is 5.75 Å². The molecule has 0 atom stereocenters. The Morgan fingerprint density at radius 2 is 1.75 bits per heavy atom. The van der Waals surface area contributed by atoms with E-state index in [1.165, 1.54) is 0 Å². The molecular weight excluding hydrogens is 162 g/mol. The van der Waals surface area contributed by atoms with Crippen molar-refractivity contribution in [2.45, 2.75) is 6.42 Å². The van der Waals surface area contributed by atoms with Gasteiger partial charge in [0.25, 0.3) is 0 Å². The van der Waals surface area contributed by atoms with Gasteiger partial charge in [0.2, 0.25) is 0 Å². The van der Waals surface area contributed by atoms with Crippen LogP contribution in [0.4, 0.5) is 0 Å². The summed E-state index contributed by atoms with van der Waals surface area (Å²) in [6.45, 7) is 0. The zero-order valence-electron chi connectivity index (χ0n) is 3.22. The van der Waals surface area contributed by atoms with E-state index in [4.69, 9.17) is 0 Å². The molecule has 0 aliphatic heterocycles. The number of thiol groups is 2. The van der Waals surface area contributed by atoms with E-state index in [1.807, 2.05) is 0 Å². The minimum absolute atomic E-state index is 0. The first kappa shape index (κ1) is 16.8. The summed E-state index contributed by atoms with van der Waals surface area (Å²) in [7, 11) is 0. The van der Waals surface area contributed by atoms with Gasteiger partial charge in [0, 0.05) is 6.42 Å². The first-order chi connectivity index (χ1) is 2.77. The van der Waals surface area contributed by atoms with Crippen LogP contribution in [0.25, 0.3) is 0 Å². The SMILES string of the molecule is O=C(S)CCS.[NaH].[NaH]. The molecule has 0 saturated carbocycles. The predicted molar refractivity (Wildman–Crippen MR) is 46.8 cm³/mol. The van der Waals surface area contributed by atoms with Crippen LogP contribution in [-0.4, -0.2) is 70.0 Å². The van der Waals surface area contributed by atoms with Crippen LogP contribution in [0.3, 0.4) is 0 Å². The molecule has 0 radical (unpaired) electrons. The third kappa shape index (κ3) is 15.8. The summed E-state index contributed by atoms with van der Waals surface area (Å²) in [5.74, 6) is 0.600. The average Bonchev–Trinajstić information content (AvgIpc) is 1.35. The first-order valence-electron chi connectivity index (χ1n) is 1.60. The number of carbonyl (C=O) groups excluding carboxylic acids is 1. The summed E-state index contributed by atoms with van der Waals surface area (Å²) in [5.41, 5.74) is 0. The Morgan fingerprint density at radius 1 is 1.38 bits per heavy atom. The fourth-order valence-electron chi connectivity index (χ4n) is 0.0956. The van der Waals surface area contributed by atoms with Crippen LogP contribution >= 0.6 is 25.3 Å². The van der Waals surface area contributed by atoms with Crippen molar-refractivity contribution in [2.24, 2.45) is 0 Å². The molecule has 0 aromatic heterocycles. The monoisotopic (exact) mass is 170 g/mol. The number of rotatable bonds is 2. The van der Waals surface area contributed by atoms with Gasteiger partial charge >= 0.3 is 59.1 Å². The van der Waals surface area contributed by atoms with E-state index in [-0.39, 0.29) is 64.2 Å². The van der Waals surface area contributed by atoms with E-state index in [1.54, 1.807) is 0 Å². The normalized spacial score (nSPS) is 6.25. The summed E-state index contributed by atoms with van der Waals surface area (Å²) < 4.78 is 0.